The van der Waals surface area contributed by atoms with Gasteiger partial charge in [0, 0.05) is 17.0 Å². The smallest absolute Gasteiger partial charge is 0.213 e. The molecule has 2 aromatic heterocycles. The van der Waals surface area contributed by atoms with Gasteiger partial charge in [-0.3, -0.25) is 4.79 Å². The number of nitrogens with zero attached hydrogens (tertiary/aromatic N) is 3. The zero-order valence-electron chi connectivity index (χ0n) is 12.3. The van der Waals surface area contributed by atoms with Gasteiger partial charge in [0.1, 0.15) is 0 Å². The van der Waals surface area contributed by atoms with Crippen molar-refractivity contribution in [3.63, 3.8) is 0 Å². The van der Waals surface area contributed by atoms with Crippen LogP contribution < -0.4 is 0 Å². The second kappa shape index (κ2) is 4.64. The maximum atomic E-state index is 12.3. The number of ketones is 1. The van der Waals surface area contributed by atoms with Crippen molar-refractivity contribution >= 4 is 33.7 Å². The van der Waals surface area contributed by atoms with Gasteiger partial charge in [0.25, 0.3) is 0 Å². The minimum absolute atomic E-state index is 0.0233. The molecule has 22 heavy (non-hydrogen) atoms. The molecule has 0 saturated heterocycles. The Labute approximate surface area is 136 Å². The number of Topliss-reactive ketones (excluding diaryl/α,β-unsaturated/α-hetero) is 1. The first-order chi connectivity index (χ1) is 10.4. The van der Waals surface area contributed by atoms with Gasteiger partial charge in [0.2, 0.25) is 4.96 Å². The Morgan fingerprint density at radius 2 is 1.95 bits per heavy atom. The molecule has 4 nitrogen and oxygen atoms in total. The maximum Gasteiger partial charge on any atom is 0.213 e. The fourth-order valence-electron chi connectivity index (χ4n) is 2.91. The summed E-state index contributed by atoms with van der Waals surface area (Å²) in [5.41, 5.74) is 1.90. The lowest BCUT2D eigenvalue weighted by Gasteiger charge is -2.27. The lowest BCUT2D eigenvalue weighted by Crippen LogP contribution is -2.27. The molecule has 0 fully saturated rings. The summed E-state index contributed by atoms with van der Waals surface area (Å²) in [7, 11) is 0. The molecule has 1 aliphatic rings. The Balaban J connectivity index is 1.85. The molecule has 0 bridgehead atoms. The number of aromatic nitrogens is 3. The van der Waals surface area contributed by atoms with Gasteiger partial charge in [-0.15, -0.1) is 5.10 Å². The first-order valence-electron chi connectivity index (χ1n) is 7.10. The molecule has 2 heterocycles. The lowest BCUT2D eigenvalue weighted by molar-refractivity contribution is 0.0915. The number of rotatable bonds is 1. The third kappa shape index (κ3) is 2.16. The SMILES string of the molecule is CC1(C)CC(=O)c2sc3nc(-c4ccc(Cl)cc4)nn3c2C1. The number of hydrogen-bond donors (Lipinski definition) is 0. The van der Waals surface area contributed by atoms with Gasteiger partial charge in [0.15, 0.2) is 11.6 Å². The molecule has 1 aliphatic carbocycles. The second-order valence-corrected chi connectivity index (χ2v) is 7.87. The van der Waals surface area contributed by atoms with Gasteiger partial charge in [-0.25, -0.2) is 4.52 Å². The van der Waals surface area contributed by atoms with Gasteiger partial charge < -0.3 is 0 Å². The fraction of sp³-hybridized carbons (Fsp3) is 0.312. The van der Waals surface area contributed by atoms with Crippen molar-refractivity contribution in [3.05, 3.63) is 39.9 Å². The van der Waals surface area contributed by atoms with Crippen molar-refractivity contribution < 1.29 is 4.79 Å². The summed E-state index contributed by atoms with van der Waals surface area (Å²) in [5.74, 6) is 0.873. The summed E-state index contributed by atoms with van der Waals surface area (Å²) >= 11 is 7.36. The van der Waals surface area contributed by atoms with Crippen LogP contribution in [0.15, 0.2) is 24.3 Å². The number of thiazole rings is 1. The lowest BCUT2D eigenvalue weighted by atomic mass is 9.78. The molecule has 0 amide bonds. The minimum Gasteiger partial charge on any atom is -0.293 e. The summed E-state index contributed by atoms with van der Waals surface area (Å²) in [5, 5.41) is 5.30. The minimum atomic E-state index is -0.0233. The Morgan fingerprint density at radius 3 is 2.68 bits per heavy atom. The summed E-state index contributed by atoms with van der Waals surface area (Å²) in [4.78, 5) is 18.5. The number of halogens is 1. The van der Waals surface area contributed by atoms with Crippen LogP contribution in [0.1, 0.15) is 35.6 Å². The van der Waals surface area contributed by atoms with Crippen LogP contribution in [-0.2, 0) is 6.42 Å². The van der Waals surface area contributed by atoms with E-state index in [0.29, 0.717) is 17.3 Å². The zero-order valence-corrected chi connectivity index (χ0v) is 13.8. The van der Waals surface area contributed by atoms with E-state index in [9.17, 15) is 4.79 Å². The van der Waals surface area contributed by atoms with E-state index in [4.69, 9.17) is 11.6 Å². The van der Waals surface area contributed by atoms with Gasteiger partial charge in [0.05, 0.1) is 10.6 Å². The van der Waals surface area contributed by atoms with Crippen LogP contribution in [0.2, 0.25) is 5.02 Å². The quantitative estimate of drug-likeness (QED) is 0.669. The molecule has 1 aromatic carbocycles. The Bertz CT molecular complexity index is 892. The van der Waals surface area contributed by atoms with Crippen LogP contribution in [0.5, 0.6) is 0 Å². The van der Waals surface area contributed by atoms with Crippen LogP contribution in [0.4, 0.5) is 0 Å². The average Bonchev–Trinajstić information content (AvgIpc) is 2.98. The topological polar surface area (TPSA) is 47.3 Å². The van der Waals surface area contributed by atoms with Crippen molar-refractivity contribution in [3.8, 4) is 11.4 Å². The van der Waals surface area contributed by atoms with Crippen LogP contribution in [0.25, 0.3) is 16.3 Å². The molecular formula is C16H14ClN3OS. The van der Waals surface area contributed by atoms with E-state index < -0.39 is 0 Å². The third-order valence-corrected chi connectivity index (χ3v) is 5.30. The Hall–Kier alpha value is -1.72. The standard InChI is InChI=1S/C16H14ClN3OS/c1-16(2)7-11-13(12(21)8-16)22-15-18-14(19-20(11)15)9-3-5-10(17)6-4-9/h3-6H,7-8H2,1-2H3. The molecule has 0 N–H and O–H groups in total. The molecule has 0 saturated carbocycles. The number of benzene rings is 1. The van der Waals surface area contributed by atoms with Gasteiger partial charge in [-0.2, -0.15) is 4.98 Å². The maximum absolute atomic E-state index is 12.3. The first-order valence-corrected chi connectivity index (χ1v) is 8.30. The largest absolute Gasteiger partial charge is 0.293 e. The summed E-state index contributed by atoms with van der Waals surface area (Å²) in [6.45, 7) is 4.24. The van der Waals surface area contributed by atoms with E-state index >= 15 is 0 Å². The highest BCUT2D eigenvalue weighted by atomic mass is 35.5. The number of carbonyl (C=O) groups excluding carboxylic acids is 1. The molecular weight excluding hydrogens is 318 g/mol. The highest BCUT2D eigenvalue weighted by molar-refractivity contribution is 7.19. The molecule has 6 heteroatoms. The molecule has 3 aromatic rings. The molecule has 0 radical (unpaired) electrons. The monoisotopic (exact) mass is 331 g/mol. The predicted molar refractivity (Wildman–Crippen MR) is 87.7 cm³/mol. The van der Waals surface area contributed by atoms with Crippen molar-refractivity contribution in [1.29, 1.82) is 0 Å². The van der Waals surface area contributed by atoms with Crippen LogP contribution in [0.3, 0.4) is 0 Å². The number of hydrogen-bond acceptors (Lipinski definition) is 4. The highest BCUT2D eigenvalue weighted by Crippen LogP contribution is 2.38. The fourth-order valence-corrected chi connectivity index (χ4v) is 4.05. The molecule has 4 rings (SSSR count). The van der Waals surface area contributed by atoms with E-state index in [1.807, 2.05) is 28.8 Å². The van der Waals surface area contributed by atoms with Crippen LogP contribution >= 0.6 is 22.9 Å². The van der Waals surface area contributed by atoms with E-state index in [-0.39, 0.29) is 11.2 Å². The van der Waals surface area contributed by atoms with Crippen molar-refractivity contribution in [2.75, 3.05) is 0 Å². The van der Waals surface area contributed by atoms with Gasteiger partial charge in [-0.1, -0.05) is 36.8 Å². The van der Waals surface area contributed by atoms with Crippen LogP contribution in [-0.4, -0.2) is 20.4 Å². The highest BCUT2D eigenvalue weighted by Gasteiger charge is 2.35. The summed E-state index contributed by atoms with van der Waals surface area (Å²) in [6, 6.07) is 7.47. The normalized spacial score (nSPS) is 17.0. The summed E-state index contributed by atoms with van der Waals surface area (Å²) in [6.07, 6.45) is 1.44. The van der Waals surface area contributed by atoms with Crippen molar-refractivity contribution in [1.82, 2.24) is 14.6 Å². The molecule has 0 unspecified atom stereocenters. The van der Waals surface area contributed by atoms with E-state index in [1.54, 1.807) is 0 Å². The Kier molecular flexibility index (Phi) is 2.93. The second-order valence-electron chi connectivity index (χ2n) is 6.46. The van der Waals surface area contributed by atoms with E-state index in [1.165, 1.54) is 11.3 Å². The van der Waals surface area contributed by atoms with Crippen molar-refractivity contribution in [2.24, 2.45) is 5.41 Å². The number of carbonyl (C=O) groups is 1. The van der Waals surface area contributed by atoms with Gasteiger partial charge in [-0.05, 0) is 36.1 Å². The van der Waals surface area contributed by atoms with Gasteiger partial charge >= 0.3 is 0 Å². The van der Waals surface area contributed by atoms with E-state index in [0.717, 1.165) is 27.5 Å². The van der Waals surface area contributed by atoms with Crippen LogP contribution in [0, 0.1) is 5.41 Å². The molecule has 0 atom stereocenters. The first kappa shape index (κ1) is 13.9. The third-order valence-electron chi connectivity index (χ3n) is 3.93. The predicted octanol–water partition coefficient (Wildman–Crippen LogP) is 4.27. The zero-order chi connectivity index (χ0) is 15.5. The summed E-state index contributed by atoms with van der Waals surface area (Å²) < 4.78 is 1.84. The molecule has 112 valence electrons. The Morgan fingerprint density at radius 1 is 1.23 bits per heavy atom. The number of fused-ring (bicyclic) bond motifs is 3. The van der Waals surface area contributed by atoms with Crippen molar-refractivity contribution in [2.45, 2.75) is 26.7 Å². The van der Waals surface area contributed by atoms with E-state index in [2.05, 4.69) is 23.9 Å². The molecule has 0 spiro atoms. The average molecular weight is 332 g/mol. The molecule has 0 aliphatic heterocycles.